The number of hydrogen-bond acceptors (Lipinski definition) is 1. The summed E-state index contributed by atoms with van der Waals surface area (Å²) in [6, 6.07) is 9.11. The molecule has 17 heavy (non-hydrogen) atoms. The second-order valence-corrected chi connectivity index (χ2v) is 5.93. The molecule has 0 aliphatic heterocycles. The van der Waals surface area contributed by atoms with Crippen LogP contribution in [0, 0.1) is 5.41 Å². The predicted octanol–water partition coefficient (Wildman–Crippen LogP) is 4.12. The minimum Gasteiger partial charge on any atom is -0.330 e. The highest BCUT2D eigenvalue weighted by molar-refractivity contribution is 5.25. The lowest BCUT2D eigenvalue weighted by Gasteiger charge is -2.24. The minimum atomic E-state index is 0.312. The van der Waals surface area contributed by atoms with Crippen LogP contribution in [0.1, 0.15) is 57.6 Å². The molecule has 1 nitrogen and oxygen atoms in total. The molecule has 0 bridgehead atoms. The molecule has 1 unspecified atom stereocenters. The first-order chi connectivity index (χ1) is 7.98. The van der Waals surface area contributed by atoms with Crippen LogP contribution < -0.4 is 5.73 Å². The first kappa shape index (κ1) is 14.2. The van der Waals surface area contributed by atoms with Gasteiger partial charge in [-0.2, -0.15) is 0 Å². The van der Waals surface area contributed by atoms with E-state index in [0.717, 1.165) is 19.4 Å². The van der Waals surface area contributed by atoms with Crippen LogP contribution in [0.3, 0.4) is 0 Å². The number of rotatable bonds is 6. The molecule has 0 spiro atoms. The highest BCUT2D eigenvalue weighted by Gasteiger charge is 2.17. The third-order valence-corrected chi connectivity index (χ3v) is 3.66. The lowest BCUT2D eigenvalue weighted by atomic mass is 9.82. The highest BCUT2D eigenvalue weighted by atomic mass is 14.5. The molecule has 1 rings (SSSR count). The Labute approximate surface area is 106 Å². The molecule has 0 saturated carbocycles. The van der Waals surface area contributed by atoms with Gasteiger partial charge in [0.2, 0.25) is 0 Å². The monoisotopic (exact) mass is 233 g/mol. The Morgan fingerprint density at radius 1 is 1.18 bits per heavy atom. The second-order valence-electron chi connectivity index (χ2n) is 5.93. The largest absolute Gasteiger partial charge is 0.330 e. The van der Waals surface area contributed by atoms with Crippen molar-refractivity contribution < 1.29 is 0 Å². The molecule has 1 aromatic rings. The molecule has 0 fully saturated rings. The predicted molar refractivity (Wildman–Crippen MR) is 76.3 cm³/mol. The maximum Gasteiger partial charge on any atom is -0.00721 e. The molecule has 1 heteroatoms. The van der Waals surface area contributed by atoms with Crippen LogP contribution in [-0.4, -0.2) is 6.54 Å². The van der Waals surface area contributed by atoms with Gasteiger partial charge in [-0.15, -0.1) is 0 Å². The quantitative estimate of drug-likeness (QED) is 0.786. The summed E-state index contributed by atoms with van der Waals surface area (Å²) in [5.74, 6) is 0.668. The van der Waals surface area contributed by atoms with Gasteiger partial charge in [0.1, 0.15) is 0 Å². The summed E-state index contributed by atoms with van der Waals surface area (Å²) in [5.41, 5.74) is 8.84. The van der Waals surface area contributed by atoms with Crippen molar-refractivity contribution in [2.45, 2.75) is 52.9 Å². The summed E-state index contributed by atoms with van der Waals surface area (Å²) in [6.45, 7) is 9.89. The van der Waals surface area contributed by atoms with Crippen LogP contribution in [0.25, 0.3) is 0 Å². The Bertz CT molecular complexity index is 324. The van der Waals surface area contributed by atoms with Crippen molar-refractivity contribution in [3.63, 3.8) is 0 Å². The summed E-state index contributed by atoms with van der Waals surface area (Å²) in [5, 5.41) is 0. The van der Waals surface area contributed by atoms with E-state index in [1.165, 1.54) is 17.5 Å². The van der Waals surface area contributed by atoms with Gasteiger partial charge in [0.25, 0.3) is 0 Å². The van der Waals surface area contributed by atoms with Crippen LogP contribution in [-0.2, 0) is 6.42 Å². The molecule has 2 N–H and O–H groups in total. The van der Waals surface area contributed by atoms with Gasteiger partial charge in [0.15, 0.2) is 0 Å². The van der Waals surface area contributed by atoms with Crippen molar-refractivity contribution in [2.75, 3.05) is 6.54 Å². The van der Waals surface area contributed by atoms with Gasteiger partial charge in [-0.05, 0) is 48.3 Å². The van der Waals surface area contributed by atoms with Crippen molar-refractivity contribution in [1.82, 2.24) is 0 Å². The molecule has 0 saturated heterocycles. The minimum absolute atomic E-state index is 0.312. The molecule has 0 heterocycles. The normalized spacial score (nSPS) is 13.7. The van der Waals surface area contributed by atoms with Crippen molar-refractivity contribution in [1.29, 1.82) is 0 Å². The molecular weight excluding hydrogens is 206 g/mol. The summed E-state index contributed by atoms with van der Waals surface area (Å²) < 4.78 is 0. The van der Waals surface area contributed by atoms with E-state index in [0.29, 0.717) is 11.3 Å². The zero-order valence-electron chi connectivity index (χ0n) is 11.8. The lowest BCUT2D eigenvalue weighted by molar-refractivity contribution is 0.339. The Morgan fingerprint density at radius 3 is 2.24 bits per heavy atom. The number of benzene rings is 1. The third kappa shape index (κ3) is 4.51. The van der Waals surface area contributed by atoms with E-state index in [1.807, 2.05) is 0 Å². The summed E-state index contributed by atoms with van der Waals surface area (Å²) in [7, 11) is 0. The standard InChI is InChI=1S/C16H27N/c1-5-13(2)15-8-6-14(7-9-15)12-16(3,4)10-11-17/h6-9,13H,5,10-12,17H2,1-4H3. The molecule has 1 aromatic carbocycles. The molecule has 0 aliphatic rings. The van der Waals surface area contributed by atoms with Crippen molar-refractivity contribution in [2.24, 2.45) is 11.1 Å². The lowest BCUT2D eigenvalue weighted by Crippen LogP contribution is -2.19. The number of nitrogens with two attached hydrogens (primary N) is 1. The average molecular weight is 233 g/mol. The zero-order chi connectivity index (χ0) is 12.9. The SMILES string of the molecule is CCC(C)c1ccc(CC(C)(C)CCN)cc1. The van der Waals surface area contributed by atoms with Gasteiger partial charge in [0, 0.05) is 0 Å². The van der Waals surface area contributed by atoms with E-state index in [-0.39, 0.29) is 0 Å². The van der Waals surface area contributed by atoms with Gasteiger partial charge in [-0.25, -0.2) is 0 Å². The van der Waals surface area contributed by atoms with Crippen molar-refractivity contribution in [3.05, 3.63) is 35.4 Å². The van der Waals surface area contributed by atoms with Crippen LogP contribution in [0.4, 0.5) is 0 Å². The molecular formula is C16H27N. The fourth-order valence-corrected chi connectivity index (χ4v) is 2.23. The molecule has 1 atom stereocenters. The van der Waals surface area contributed by atoms with Crippen LogP contribution >= 0.6 is 0 Å². The fraction of sp³-hybridized carbons (Fsp3) is 0.625. The fourth-order valence-electron chi connectivity index (χ4n) is 2.23. The van der Waals surface area contributed by atoms with Gasteiger partial charge in [-0.3, -0.25) is 0 Å². The topological polar surface area (TPSA) is 26.0 Å². The smallest absolute Gasteiger partial charge is 0.00721 e. The van der Waals surface area contributed by atoms with Gasteiger partial charge < -0.3 is 5.73 Å². The van der Waals surface area contributed by atoms with Gasteiger partial charge in [-0.1, -0.05) is 52.0 Å². The molecule has 0 amide bonds. The maximum absolute atomic E-state index is 5.65. The Balaban J connectivity index is 2.68. The van der Waals surface area contributed by atoms with E-state index >= 15 is 0 Å². The third-order valence-electron chi connectivity index (χ3n) is 3.66. The first-order valence-electron chi connectivity index (χ1n) is 6.77. The first-order valence-corrected chi connectivity index (χ1v) is 6.77. The molecule has 0 aromatic heterocycles. The second kappa shape index (κ2) is 6.20. The molecule has 96 valence electrons. The van der Waals surface area contributed by atoms with E-state index in [1.54, 1.807) is 0 Å². The number of hydrogen-bond donors (Lipinski definition) is 1. The maximum atomic E-state index is 5.65. The van der Waals surface area contributed by atoms with E-state index < -0.39 is 0 Å². The van der Waals surface area contributed by atoms with Crippen LogP contribution in [0.15, 0.2) is 24.3 Å². The van der Waals surface area contributed by atoms with Crippen LogP contribution in [0.5, 0.6) is 0 Å². The van der Waals surface area contributed by atoms with Crippen LogP contribution in [0.2, 0.25) is 0 Å². The molecule has 0 radical (unpaired) electrons. The van der Waals surface area contributed by atoms with Crippen molar-refractivity contribution >= 4 is 0 Å². The Morgan fingerprint density at radius 2 is 1.76 bits per heavy atom. The van der Waals surface area contributed by atoms with Crippen molar-refractivity contribution in [3.8, 4) is 0 Å². The highest BCUT2D eigenvalue weighted by Crippen LogP contribution is 2.26. The summed E-state index contributed by atoms with van der Waals surface area (Å²) in [6.07, 6.45) is 3.41. The Kier molecular flexibility index (Phi) is 5.20. The van der Waals surface area contributed by atoms with Gasteiger partial charge in [0.05, 0.1) is 0 Å². The molecule has 0 aliphatic carbocycles. The summed E-state index contributed by atoms with van der Waals surface area (Å²) in [4.78, 5) is 0. The van der Waals surface area contributed by atoms with E-state index in [2.05, 4.69) is 52.0 Å². The summed E-state index contributed by atoms with van der Waals surface area (Å²) >= 11 is 0. The van der Waals surface area contributed by atoms with E-state index in [9.17, 15) is 0 Å². The Hall–Kier alpha value is -0.820. The average Bonchev–Trinajstić information content (AvgIpc) is 2.28. The van der Waals surface area contributed by atoms with E-state index in [4.69, 9.17) is 5.73 Å². The van der Waals surface area contributed by atoms with Gasteiger partial charge >= 0.3 is 0 Å². The zero-order valence-corrected chi connectivity index (χ0v) is 11.8.